The maximum atomic E-state index is 6.34. The second-order valence-electron chi connectivity index (χ2n) is 4.53. The van der Waals surface area contributed by atoms with Gasteiger partial charge in [-0.05, 0) is 6.07 Å². The smallest absolute Gasteiger partial charge is 0.142 e. The first-order valence-electron chi connectivity index (χ1n) is 6.26. The number of hydrogen-bond acceptors (Lipinski definition) is 3. The van der Waals surface area contributed by atoms with Crippen molar-refractivity contribution in [2.75, 3.05) is 7.11 Å². The van der Waals surface area contributed by atoms with Crippen molar-refractivity contribution in [1.82, 2.24) is 0 Å². The monoisotopic (exact) mass is 287 g/mol. The standard InChI is InChI=1S/C16H14ClNO2/c1-19-15-12(7-4-8-13(15)17)14(18)16-11-6-3-2-5-10(11)9-20-16/h2-9,14H,18H2,1H3. The Morgan fingerprint density at radius 2 is 1.95 bits per heavy atom. The molecule has 0 saturated heterocycles. The molecule has 3 nitrogen and oxygen atoms in total. The average Bonchev–Trinajstić information content (AvgIpc) is 2.90. The van der Waals surface area contributed by atoms with Gasteiger partial charge in [0, 0.05) is 16.3 Å². The van der Waals surface area contributed by atoms with E-state index in [0.717, 1.165) is 16.3 Å². The Kier molecular flexibility index (Phi) is 3.38. The summed E-state index contributed by atoms with van der Waals surface area (Å²) in [5.41, 5.74) is 7.15. The third-order valence-corrected chi connectivity index (χ3v) is 3.66. The van der Waals surface area contributed by atoms with Crippen LogP contribution in [0, 0.1) is 0 Å². The van der Waals surface area contributed by atoms with Crippen molar-refractivity contribution in [2.45, 2.75) is 6.04 Å². The SMILES string of the molecule is COc1c(Cl)cccc1C(N)c1occ2ccccc12. The maximum absolute atomic E-state index is 6.34. The molecule has 0 fully saturated rings. The fourth-order valence-corrected chi connectivity index (χ4v) is 2.64. The lowest BCUT2D eigenvalue weighted by Crippen LogP contribution is -2.12. The Morgan fingerprint density at radius 3 is 2.75 bits per heavy atom. The topological polar surface area (TPSA) is 48.4 Å². The van der Waals surface area contributed by atoms with Crippen LogP contribution in [0.15, 0.2) is 53.1 Å². The van der Waals surface area contributed by atoms with Crippen molar-refractivity contribution in [3.63, 3.8) is 0 Å². The highest BCUT2D eigenvalue weighted by Gasteiger charge is 2.20. The second kappa shape index (κ2) is 5.19. The first-order chi connectivity index (χ1) is 9.72. The van der Waals surface area contributed by atoms with Crippen LogP contribution in [0.2, 0.25) is 5.02 Å². The van der Waals surface area contributed by atoms with Crippen molar-refractivity contribution >= 4 is 22.4 Å². The van der Waals surface area contributed by atoms with Crippen molar-refractivity contribution in [2.24, 2.45) is 5.73 Å². The normalized spacial score (nSPS) is 12.6. The molecule has 20 heavy (non-hydrogen) atoms. The van der Waals surface area contributed by atoms with Gasteiger partial charge in [-0.3, -0.25) is 0 Å². The highest BCUT2D eigenvalue weighted by molar-refractivity contribution is 6.32. The Bertz CT molecular complexity index is 751. The summed E-state index contributed by atoms with van der Waals surface area (Å²) in [5.74, 6) is 1.29. The number of hydrogen-bond donors (Lipinski definition) is 1. The summed E-state index contributed by atoms with van der Waals surface area (Å²) >= 11 is 6.14. The average molecular weight is 288 g/mol. The molecule has 0 saturated carbocycles. The molecule has 0 aliphatic carbocycles. The van der Waals surface area contributed by atoms with E-state index in [1.165, 1.54) is 0 Å². The van der Waals surface area contributed by atoms with E-state index in [1.807, 2.05) is 36.4 Å². The molecule has 3 aromatic rings. The summed E-state index contributed by atoms with van der Waals surface area (Å²) in [5, 5.41) is 2.57. The van der Waals surface area contributed by atoms with Gasteiger partial charge in [0.25, 0.3) is 0 Å². The summed E-state index contributed by atoms with van der Waals surface area (Å²) in [6, 6.07) is 13.0. The molecule has 1 aromatic heterocycles. The van der Waals surface area contributed by atoms with Crippen molar-refractivity contribution in [3.05, 3.63) is 65.1 Å². The van der Waals surface area contributed by atoms with Gasteiger partial charge in [-0.25, -0.2) is 0 Å². The van der Waals surface area contributed by atoms with Gasteiger partial charge in [0.2, 0.25) is 0 Å². The van der Waals surface area contributed by atoms with Crippen LogP contribution >= 0.6 is 11.6 Å². The number of fused-ring (bicyclic) bond motifs is 1. The molecule has 2 N–H and O–H groups in total. The first-order valence-corrected chi connectivity index (χ1v) is 6.64. The van der Waals surface area contributed by atoms with Crippen LogP contribution in [0.25, 0.3) is 10.8 Å². The van der Waals surface area contributed by atoms with Crippen molar-refractivity contribution in [1.29, 1.82) is 0 Å². The number of ether oxygens (including phenoxy) is 1. The zero-order valence-electron chi connectivity index (χ0n) is 11.0. The van der Waals surface area contributed by atoms with Crippen molar-refractivity contribution in [3.8, 4) is 5.75 Å². The van der Waals surface area contributed by atoms with Gasteiger partial charge in [0.15, 0.2) is 0 Å². The van der Waals surface area contributed by atoms with Crippen LogP contribution in [-0.4, -0.2) is 7.11 Å². The molecule has 102 valence electrons. The number of methoxy groups -OCH3 is 1. The second-order valence-corrected chi connectivity index (χ2v) is 4.93. The number of nitrogens with two attached hydrogens (primary N) is 1. The van der Waals surface area contributed by atoms with Crippen LogP contribution < -0.4 is 10.5 Å². The summed E-state index contributed by atoms with van der Waals surface area (Å²) < 4.78 is 11.0. The van der Waals surface area contributed by atoms with Gasteiger partial charge in [0.1, 0.15) is 11.5 Å². The zero-order chi connectivity index (χ0) is 14.1. The molecule has 0 amide bonds. The van der Waals surface area contributed by atoms with E-state index >= 15 is 0 Å². The van der Waals surface area contributed by atoms with Crippen molar-refractivity contribution < 1.29 is 9.15 Å². The highest BCUT2D eigenvalue weighted by Crippen LogP contribution is 2.36. The number of furan rings is 1. The summed E-state index contributed by atoms with van der Waals surface area (Å²) in [4.78, 5) is 0. The zero-order valence-corrected chi connectivity index (χ0v) is 11.7. The van der Waals surface area contributed by atoms with E-state index in [0.29, 0.717) is 16.5 Å². The number of para-hydroxylation sites is 1. The minimum atomic E-state index is -0.427. The van der Waals surface area contributed by atoms with Gasteiger partial charge in [0.05, 0.1) is 24.4 Å². The molecule has 1 atom stereocenters. The van der Waals surface area contributed by atoms with Crippen LogP contribution in [0.4, 0.5) is 0 Å². The van der Waals surface area contributed by atoms with Gasteiger partial charge >= 0.3 is 0 Å². The molecule has 0 spiro atoms. The molecule has 1 unspecified atom stereocenters. The van der Waals surface area contributed by atoms with Gasteiger partial charge in [-0.15, -0.1) is 0 Å². The van der Waals surface area contributed by atoms with E-state index < -0.39 is 6.04 Å². The predicted molar refractivity (Wildman–Crippen MR) is 80.2 cm³/mol. The third-order valence-electron chi connectivity index (χ3n) is 3.36. The van der Waals surface area contributed by atoms with E-state index in [1.54, 1.807) is 19.4 Å². The molecule has 3 rings (SSSR count). The summed E-state index contributed by atoms with van der Waals surface area (Å²) in [6.45, 7) is 0. The lowest BCUT2D eigenvalue weighted by molar-refractivity contribution is 0.403. The number of halogens is 1. The highest BCUT2D eigenvalue weighted by atomic mass is 35.5. The minimum absolute atomic E-state index is 0.427. The van der Waals surface area contributed by atoms with E-state index in [4.69, 9.17) is 26.5 Å². The van der Waals surface area contributed by atoms with Gasteiger partial charge in [-0.1, -0.05) is 48.0 Å². The fourth-order valence-electron chi connectivity index (χ4n) is 2.38. The van der Waals surface area contributed by atoms with Gasteiger partial charge < -0.3 is 14.9 Å². The Hall–Kier alpha value is -1.97. The van der Waals surface area contributed by atoms with Crippen LogP contribution in [0.5, 0.6) is 5.75 Å². The van der Waals surface area contributed by atoms with Gasteiger partial charge in [-0.2, -0.15) is 0 Å². The van der Waals surface area contributed by atoms with E-state index in [-0.39, 0.29) is 0 Å². The molecular formula is C16H14ClNO2. The number of benzene rings is 2. The minimum Gasteiger partial charge on any atom is -0.495 e. The molecular weight excluding hydrogens is 274 g/mol. The lowest BCUT2D eigenvalue weighted by Gasteiger charge is -2.15. The molecule has 0 aliphatic rings. The van der Waals surface area contributed by atoms with E-state index in [2.05, 4.69) is 0 Å². The Labute approximate surface area is 121 Å². The lowest BCUT2D eigenvalue weighted by atomic mass is 10.0. The third kappa shape index (κ3) is 2.05. The van der Waals surface area contributed by atoms with Crippen LogP contribution in [0.3, 0.4) is 0 Å². The van der Waals surface area contributed by atoms with E-state index in [9.17, 15) is 0 Å². The first kappa shape index (κ1) is 13.0. The molecule has 1 heterocycles. The van der Waals surface area contributed by atoms with Crippen LogP contribution in [-0.2, 0) is 0 Å². The number of rotatable bonds is 3. The van der Waals surface area contributed by atoms with Crippen LogP contribution in [0.1, 0.15) is 17.4 Å². The molecule has 4 heteroatoms. The Balaban J connectivity index is 2.13. The molecule has 2 aromatic carbocycles. The largest absolute Gasteiger partial charge is 0.495 e. The summed E-state index contributed by atoms with van der Waals surface area (Å²) in [7, 11) is 1.58. The maximum Gasteiger partial charge on any atom is 0.142 e. The molecule has 0 radical (unpaired) electrons. The fraction of sp³-hybridized carbons (Fsp3) is 0.125. The molecule has 0 aliphatic heterocycles. The predicted octanol–water partition coefficient (Wildman–Crippen LogP) is 4.14. The Morgan fingerprint density at radius 1 is 1.15 bits per heavy atom. The summed E-state index contributed by atoms with van der Waals surface area (Å²) in [6.07, 6.45) is 1.71. The quantitative estimate of drug-likeness (QED) is 0.787. The molecule has 0 bridgehead atoms.